The van der Waals surface area contributed by atoms with Crippen molar-refractivity contribution in [2.24, 2.45) is 5.41 Å². The molecule has 0 fully saturated rings. The third kappa shape index (κ3) is 3.25. The molecule has 0 spiro atoms. The molecule has 0 aromatic carbocycles. The van der Waals surface area contributed by atoms with Gasteiger partial charge in [-0.05, 0) is 38.3 Å². The zero-order valence-corrected chi connectivity index (χ0v) is 8.12. The Labute approximate surface area is 79.2 Å². The van der Waals surface area contributed by atoms with E-state index in [9.17, 15) is 0 Å². The van der Waals surface area contributed by atoms with E-state index >= 15 is 0 Å². The second-order valence-electron chi connectivity index (χ2n) is 3.86. The summed E-state index contributed by atoms with van der Waals surface area (Å²) in [6, 6.07) is 6.26. The first kappa shape index (κ1) is 9.73. The molecule has 0 saturated heterocycles. The van der Waals surface area contributed by atoms with E-state index in [1.54, 1.807) is 6.20 Å². The smallest absolute Gasteiger partial charge is 0.0684 e. The molecular formula is C11H14N2. The van der Waals surface area contributed by atoms with Gasteiger partial charge in [0.1, 0.15) is 0 Å². The van der Waals surface area contributed by atoms with Crippen LogP contribution in [0.1, 0.15) is 25.8 Å². The molecule has 13 heavy (non-hydrogen) atoms. The van der Waals surface area contributed by atoms with Crippen molar-refractivity contribution in [1.82, 2.24) is 4.98 Å². The number of aryl methyl sites for hydroxylation is 1. The number of hydrogen-bond acceptors (Lipinski definition) is 2. The highest BCUT2D eigenvalue weighted by atomic mass is 14.6. The van der Waals surface area contributed by atoms with E-state index in [-0.39, 0.29) is 5.41 Å². The van der Waals surface area contributed by atoms with Gasteiger partial charge in [0.05, 0.1) is 11.5 Å². The van der Waals surface area contributed by atoms with E-state index in [0.717, 1.165) is 12.8 Å². The zero-order chi connectivity index (χ0) is 9.73. The van der Waals surface area contributed by atoms with Crippen molar-refractivity contribution in [3.8, 4) is 6.07 Å². The minimum Gasteiger partial charge on any atom is -0.264 e. The molecular weight excluding hydrogens is 160 g/mol. The summed E-state index contributed by atoms with van der Waals surface area (Å²) >= 11 is 0. The van der Waals surface area contributed by atoms with Crippen LogP contribution in [0.2, 0.25) is 0 Å². The summed E-state index contributed by atoms with van der Waals surface area (Å²) in [6.45, 7) is 3.92. The van der Waals surface area contributed by atoms with Crippen molar-refractivity contribution in [1.29, 1.82) is 5.26 Å². The second-order valence-corrected chi connectivity index (χ2v) is 3.86. The van der Waals surface area contributed by atoms with Gasteiger partial charge in [-0.25, -0.2) is 0 Å². The molecule has 2 nitrogen and oxygen atoms in total. The largest absolute Gasteiger partial charge is 0.264 e. The van der Waals surface area contributed by atoms with Gasteiger partial charge >= 0.3 is 0 Å². The molecule has 0 aliphatic heterocycles. The fraction of sp³-hybridized carbons (Fsp3) is 0.455. The topological polar surface area (TPSA) is 36.7 Å². The van der Waals surface area contributed by atoms with Crippen LogP contribution in [-0.2, 0) is 6.42 Å². The van der Waals surface area contributed by atoms with Gasteiger partial charge in [-0.1, -0.05) is 6.07 Å². The molecule has 0 aliphatic rings. The Morgan fingerprint density at radius 3 is 2.85 bits per heavy atom. The highest BCUT2D eigenvalue weighted by Gasteiger charge is 2.15. The Balaban J connectivity index is 2.50. The predicted molar refractivity (Wildman–Crippen MR) is 52.0 cm³/mol. The van der Waals surface area contributed by atoms with Crippen LogP contribution in [0.5, 0.6) is 0 Å². The maximum Gasteiger partial charge on any atom is 0.0684 e. The average molecular weight is 174 g/mol. The first-order valence-electron chi connectivity index (χ1n) is 4.44. The fourth-order valence-corrected chi connectivity index (χ4v) is 1.06. The van der Waals surface area contributed by atoms with Gasteiger partial charge in [-0.15, -0.1) is 0 Å². The molecule has 0 atom stereocenters. The van der Waals surface area contributed by atoms with Gasteiger partial charge in [0, 0.05) is 12.4 Å². The van der Waals surface area contributed by atoms with Gasteiger partial charge in [-0.2, -0.15) is 5.26 Å². The Hall–Kier alpha value is -1.36. The van der Waals surface area contributed by atoms with Crippen LogP contribution >= 0.6 is 0 Å². The number of pyridine rings is 1. The minimum absolute atomic E-state index is 0.226. The van der Waals surface area contributed by atoms with Crippen LogP contribution < -0.4 is 0 Å². The predicted octanol–water partition coefficient (Wildman–Crippen LogP) is 2.56. The molecule has 1 aromatic heterocycles. The van der Waals surface area contributed by atoms with Gasteiger partial charge in [0.15, 0.2) is 0 Å². The minimum atomic E-state index is -0.226. The van der Waals surface area contributed by atoms with E-state index < -0.39 is 0 Å². The lowest BCUT2D eigenvalue weighted by Crippen LogP contribution is -2.08. The van der Waals surface area contributed by atoms with Crippen LogP contribution in [0, 0.1) is 16.7 Å². The standard InChI is InChI=1S/C11H14N2/c1-11(2,9-12)6-5-10-4-3-7-13-8-10/h3-4,7-8H,5-6H2,1-2H3. The van der Waals surface area contributed by atoms with Crippen molar-refractivity contribution in [3.63, 3.8) is 0 Å². The van der Waals surface area contributed by atoms with E-state index in [1.165, 1.54) is 5.56 Å². The van der Waals surface area contributed by atoms with Crippen LogP contribution in [0.3, 0.4) is 0 Å². The highest BCUT2D eigenvalue weighted by molar-refractivity contribution is 5.09. The normalized spacial score (nSPS) is 10.8. The molecule has 0 radical (unpaired) electrons. The summed E-state index contributed by atoms with van der Waals surface area (Å²) in [4.78, 5) is 4.03. The molecule has 0 N–H and O–H groups in total. The molecule has 1 rings (SSSR count). The Morgan fingerprint density at radius 1 is 1.54 bits per heavy atom. The number of hydrogen-bond donors (Lipinski definition) is 0. The average Bonchev–Trinajstić information content (AvgIpc) is 2.17. The van der Waals surface area contributed by atoms with Crippen molar-refractivity contribution >= 4 is 0 Å². The highest BCUT2D eigenvalue weighted by Crippen LogP contribution is 2.20. The molecule has 0 unspecified atom stereocenters. The van der Waals surface area contributed by atoms with Crippen LogP contribution in [0.15, 0.2) is 24.5 Å². The van der Waals surface area contributed by atoms with E-state index in [0.29, 0.717) is 0 Å². The first-order chi connectivity index (χ1) is 6.14. The lowest BCUT2D eigenvalue weighted by Gasteiger charge is -2.13. The van der Waals surface area contributed by atoms with Gasteiger partial charge in [0.25, 0.3) is 0 Å². The van der Waals surface area contributed by atoms with Gasteiger partial charge in [-0.3, -0.25) is 4.98 Å². The lowest BCUT2D eigenvalue weighted by molar-refractivity contribution is 0.452. The summed E-state index contributed by atoms with van der Waals surface area (Å²) < 4.78 is 0. The molecule has 0 bridgehead atoms. The third-order valence-electron chi connectivity index (χ3n) is 2.06. The lowest BCUT2D eigenvalue weighted by atomic mass is 9.88. The molecule has 0 aliphatic carbocycles. The Kier molecular flexibility index (Phi) is 3.02. The number of nitrogens with zero attached hydrogens (tertiary/aromatic N) is 2. The molecule has 0 amide bonds. The van der Waals surface area contributed by atoms with Crippen LogP contribution in [0.25, 0.3) is 0 Å². The van der Waals surface area contributed by atoms with Gasteiger partial charge < -0.3 is 0 Å². The Morgan fingerprint density at radius 2 is 2.31 bits per heavy atom. The maximum absolute atomic E-state index is 8.81. The van der Waals surface area contributed by atoms with E-state index in [2.05, 4.69) is 11.1 Å². The quantitative estimate of drug-likeness (QED) is 0.706. The van der Waals surface area contributed by atoms with Crippen molar-refractivity contribution in [2.75, 3.05) is 0 Å². The van der Waals surface area contributed by atoms with Gasteiger partial charge in [0.2, 0.25) is 0 Å². The SMILES string of the molecule is CC(C)(C#N)CCc1cccnc1. The first-order valence-corrected chi connectivity index (χ1v) is 4.44. The summed E-state index contributed by atoms with van der Waals surface area (Å²) in [6.07, 6.45) is 5.43. The van der Waals surface area contributed by atoms with Crippen molar-refractivity contribution in [2.45, 2.75) is 26.7 Å². The summed E-state index contributed by atoms with van der Waals surface area (Å²) in [5.41, 5.74) is 0.973. The van der Waals surface area contributed by atoms with Crippen LogP contribution in [-0.4, -0.2) is 4.98 Å². The second kappa shape index (κ2) is 4.04. The number of aromatic nitrogens is 1. The molecule has 1 heterocycles. The summed E-state index contributed by atoms with van der Waals surface area (Å²) in [5, 5.41) is 8.81. The molecule has 0 saturated carbocycles. The van der Waals surface area contributed by atoms with Crippen molar-refractivity contribution in [3.05, 3.63) is 30.1 Å². The summed E-state index contributed by atoms with van der Waals surface area (Å²) in [7, 11) is 0. The molecule has 68 valence electrons. The van der Waals surface area contributed by atoms with E-state index in [1.807, 2.05) is 32.2 Å². The fourth-order valence-electron chi connectivity index (χ4n) is 1.06. The number of nitriles is 1. The third-order valence-corrected chi connectivity index (χ3v) is 2.06. The van der Waals surface area contributed by atoms with Crippen molar-refractivity contribution < 1.29 is 0 Å². The number of rotatable bonds is 3. The maximum atomic E-state index is 8.81. The molecule has 2 heteroatoms. The summed E-state index contributed by atoms with van der Waals surface area (Å²) in [5.74, 6) is 0. The van der Waals surface area contributed by atoms with E-state index in [4.69, 9.17) is 5.26 Å². The monoisotopic (exact) mass is 174 g/mol. The molecule has 1 aromatic rings. The Bertz CT molecular complexity index is 296. The van der Waals surface area contributed by atoms with Crippen LogP contribution in [0.4, 0.5) is 0 Å². The zero-order valence-electron chi connectivity index (χ0n) is 8.12.